The summed E-state index contributed by atoms with van der Waals surface area (Å²) >= 11 is 0. The van der Waals surface area contributed by atoms with Crippen LogP contribution in [0.25, 0.3) is 11.1 Å². The van der Waals surface area contributed by atoms with E-state index in [0.717, 1.165) is 58.7 Å². The van der Waals surface area contributed by atoms with Crippen LogP contribution < -0.4 is 9.47 Å². The number of carbonyl (C=O) groups is 1. The van der Waals surface area contributed by atoms with E-state index < -0.39 is 5.97 Å². The highest BCUT2D eigenvalue weighted by Crippen LogP contribution is 2.64. The molecule has 0 aliphatic heterocycles. The third-order valence-electron chi connectivity index (χ3n) is 7.94. The number of aliphatic hydroxyl groups excluding tert-OH is 1. The van der Waals surface area contributed by atoms with E-state index in [0.29, 0.717) is 25.6 Å². The number of fused-ring (bicyclic) bond motifs is 1. The molecule has 2 N–H and O–H groups in total. The Morgan fingerprint density at radius 2 is 1.87 bits per heavy atom. The zero-order valence-electron chi connectivity index (χ0n) is 22.0. The highest BCUT2D eigenvalue weighted by molar-refractivity contribution is 5.72. The number of carboxylic acid groups (broad SMARTS) is 1. The van der Waals surface area contributed by atoms with Crippen molar-refractivity contribution in [1.29, 1.82) is 0 Å². The highest BCUT2D eigenvalue weighted by atomic mass is 16.5. The average molecular weight is 513 g/mol. The lowest BCUT2D eigenvalue weighted by molar-refractivity contribution is -0.137. The molecular weight excluding hydrogens is 480 g/mol. The molecule has 0 amide bonds. The van der Waals surface area contributed by atoms with Crippen LogP contribution >= 0.6 is 0 Å². The monoisotopic (exact) mass is 512 g/mol. The summed E-state index contributed by atoms with van der Waals surface area (Å²) in [5.41, 5.74) is 8.41. The number of hydrogen-bond donors (Lipinski definition) is 2. The van der Waals surface area contributed by atoms with E-state index >= 15 is 0 Å². The molecule has 2 aliphatic rings. The smallest absolute Gasteiger partial charge is 0.316 e. The maximum absolute atomic E-state index is 11.4. The van der Waals surface area contributed by atoms with Gasteiger partial charge in [0.25, 0.3) is 0 Å². The lowest BCUT2D eigenvalue weighted by Crippen LogP contribution is -2.13. The van der Waals surface area contributed by atoms with Crippen molar-refractivity contribution in [2.24, 2.45) is 5.41 Å². The molecular formula is C31H32N2O5. The Labute approximate surface area is 222 Å². The van der Waals surface area contributed by atoms with Crippen LogP contribution in [0.5, 0.6) is 11.8 Å². The lowest BCUT2D eigenvalue weighted by atomic mass is 9.87. The summed E-state index contributed by atoms with van der Waals surface area (Å²) < 4.78 is 11.8. The molecule has 1 aromatic heterocycles. The third-order valence-corrected chi connectivity index (χ3v) is 7.94. The van der Waals surface area contributed by atoms with Gasteiger partial charge in [0, 0.05) is 17.9 Å². The first-order valence-electron chi connectivity index (χ1n) is 13.0. The number of hydrogen-bond acceptors (Lipinski definition) is 6. The van der Waals surface area contributed by atoms with Crippen LogP contribution in [0, 0.1) is 38.2 Å². The topological polar surface area (TPSA) is 102 Å². The summed E-state index contributed by atoms with van der Waals surface area (Å²) in [6, 6.07) is 12.6. The van der Waals surface area contributed by atoms with Crippen LogP contribution in [-0.2, 0) is 17.8 Å². The van der Waals surface area contributed by atoms with Gasteiger partial charge in [0.15, 0.2) is 0 Å². The van der Waals surface area contributed by atoms with Crippen LogP contribution in [0.2, 0.25) is 0 Å². The summed E-state index contributed by atoms with van der Waals surface area (Å²) in [7, 11) is 0. The van der Waals surface area contributed by atoms with Crippen LogP contribution in [-0.4, -0.2) is 32.8 Å². The van der Waals surface area contributed by atoms with Gasteiger partial charge in [-0.05, 0) is 85.4 Å². The molecule has 2 aromatic carbocycles. The number of nitrogens with zero attached hydrogens (tertiary/aromatic N) is 2. The Hall–Kier alpha value is -4.05. The van der Waals surface area contributed by atoms with E-state index in [1.165, 1.54) is 11.1 Å². The summed E-state index contributed by atoms with van der Waals surface area (Å²) in [6.07, 6.45) is 5.62. The molecule has 1 spiro atoms. The van der Waals surface area contributed by atoms with Gasteiger partial charge < -0.3 is 19.7 Å². The Kier molecular flexibility index (Phi) is 6.98. The molecule has 1 saturated carbocycles. The predicted molar refractivity (Wildman–Crippen MR) is 143 cm³/mol. The maximum Gasteiger partial charge on any atom is 0.316 e. The second kappa shape index (κ2) is 10.4. The molecule has 7 nitrogen and oxygen atoms in total. The van der Waals surface area contributed by atoms with Crippen LogP contribution in [0.1, 0.15) is 65.2 Å². The van der Waals surface area contributed by atoms with Crippen LogP contribution in [0.15, 0.2) is 36.4 Å². The molecule has 3 aromatic rings. The first kappa shape index (κ1) is 25.6. The van der Waals surface area contributed by atoms with E-state index in [-0.39, 0.29) is 17.8 Å². The fourth-order valence-corrected chi connectivity index (χ4v) is 5.85. The molecule has 0 bridgehead atoms. The van der Waals surface area contributed by atoms with Gasteiger partial charge in [0.1, 0.15) is 25.1 Å². The standard InChI is InChI=1S/C31H32N2O5/c1-19-22(7-6-8-25(19)29-20(2)32-30(33-21(29)3)37-14-5-4-13-34)18-38-24-9-10-26-23(15-24)17-31(11-12-31)27(26)16-28(35)36/h6-10,15,27,34H,5,11-12,14,16-18H2,1-3H3,(H,35,36). The molecule has 0 radical (unpaired) electrons. The predicted octanol–water partition coefficient (Wildman–Crippen LogP) is 5.64. The number of aliphatic hydroxyl groups is 1. The average Bonchev–Trinajstić information content (AvgIpc) is 3.59. The minimum atomic E-state index is -0.726. The number of aliphatic carboxylic acids is 1. The van der Waals surface area contributed by atoms with Gasteiger partial charge in [-0.1, -0.05) is 30.2 Å². The van der Waals surface area contributed by atoms with Gasteiger partial charge >= 0.3 is 12.0 Å². The Morgan fingerprint density at radius 3 is 2.55 bits per heavy atom. The van der Waals surface area contributed by atoms with Crippen molar-refractivity contribution in [3.63, 3.8) is 0 Å². The van der Waals surface area contributed by atoms with Gasteiger partial charge in [-0.15, -0.1) is 0 Å². The van der Waals surface area contributed by atoms with Crippen LogP contribution in [0.3, 0.4) is 0 Å². The Morgan fingerprint density at radius 1 is 1.11 bits per heavy atom. The minimum Gasteiger partial charge on any atom is -0.489 e. The Bertz CT molecular complexity index is 1430. The maximum atomic E-state index is 11.4. The molecule has 1 heterocycles. The number of aryl methyl sites for hydroxylation is 2. The van der Waals surface area contributed by atoms with Crippen molar-refractivity contribution in [3.05, 3.63) is 70.0 Å². The zero-order chi connectivity index (χ0) is 26.9. The molecule has 196 valence electrons. The largest absolute Gasteiger partial charge is 0.489 e. The van der Waals surface area contributed by atoms with Crippen molar-refractivity contribution in [1.82, 2.24) is 9.97 Å². The summed E-state index contributed by atoms with van der Waals surface area (Å²) in [5.74, 6) is 2.74. The van der Waals surface area contributed by atoms with Gasteiger partial charge in [-0.25, -0.2) is 0 Å². The minimum absolute atomic E-state index is 0.114. The summed E-state index contributed by atoms with van der Waals surface area (Å²) in [5, 5.41) is 18.0. The molecule has 1 atom stereocenters. The molecule has 1 unspecified atom stereocenters. The number of rotatable bonds is 9. The molecule has 0 saturated heterocycles. The van der Waals surface area contributed by atoms with Crippen LogP contribution in [0.4, 0.5) is 0 Å². The van der Waals surface area contributed by atoms with Gasteiger partial charge in [0.05, 0.1) is 17.8 Å². The van der Waals surface area contributed by atoms with E-state index in [1.54, 1.807) is 0 Å². The third kappa shape index (κ3) is 5.04. The fraction of sp³-hybridized carbons (Fsp3) is 0.387. The van der Waals surface area contributed by atoms with E-state index in [9.17, 15) is 9.90 Å². The molecule has 5 rings (SSSR count). The number of ether oxygens (including phenoxy) is 2. The normalized spacial score (nSPS) is 16.4. The second-order valence-corrected chi connectivity index (χ2v) is 10.4. The van der Waals surface area contributed by atoms with Crippen molar-refractivity contribution < 1.29 is 24.5 Å². The van der Waals surface area contributed by atoms with Gasteiger partial charge in [0.2, 0.25) is 0 Å². The zero-order valence-corrected chi connectivity index (χ0v) is 22.0. The summed E-state index contributed by atoms with van der Waals surface area (Å²) in [6.45, 7) is 6.71. The lowest BCUT2D eigenvalue weighted by Gasteiger charge is -2.17. The molecule has 7 heteroatoms. The number of benzene rings is 2. The van der Waals surface area contributed by atoms with E-state index in [2.05, 4.69) is 47.1 Å². The first-order valence-corrected chi connectivity index (χ1v) is 13.0. The van der Waals surface area contributed by atoms with Crippen molar-refractivity contribution >= 4 is 5.97 Å². The summed E-state index contributed by atoms with van der Waals surface area (Å²) in [4.78, 5) is 20.5. The van der Waals surface area contributed by atoms with E-state index in [4.69, 9.17) is 14.6 Å². The Balaban J connectivity index is 1.32. The number of aromatic nitrogens is 2. The molecule has 1 fully saturated rings. The SMILES string of the molecule is Cc1nc(OCCC#CO)nc(C)c1-c1cccc(COc2ccc3c(c2)CC2(CC2)C3CC(=O)O)c1C. The second-order valence-electron chi connectivity index (χ2n) is 10.4. The van der Waals surface area contributed by atoms with Gasteiger partial charge in [-0.2, -0.15) is 9.97 Å². The van der Waals surface area contributed by atoms with Gasteiger partial charge in [-0.3, -0.25) is 4.79 Å². The highest BCUT2D eigenvalue weighted by Gasteiger charge is 2.54. The molecule has 38 heavy (non-hydrogen) atoms. The van der Waals surface area contributed by atoms with E-state index in [1.807, 2.05) is 32.1 Å². The van der Waals surface area contributed by atoms with Crippen molar-refractivity contribution in [2.75, 3.05) is 6.61 Å². The van der Waals surface area contributed by atoms with Crippen molar-refractivity contribution in [3.8, 4) is 34.9 Å². The molecule has 2 aliphatic carbocycles. The number of carboxylic acids is 1. The van der Waals surface area contributed by atoms with Crippen molar-refractivity contribution in [2.45, 2.75) is 65.4 Å². The first-order chi connectivity index (χ1) is 18.3. The fourth-order valence-electron chi connectivity index (χ4n) is 5.85. The quantitative estimate of drug-likeness (QED) is 0.282.